The Morgan fingerprint density at radius 2 is 1.79 bits per heavy atom. The SMILES string of the molecule is CCN(c1ccccc1)S(=O)(=O)c1ccc(OC)c(N[C@@H](C)C(=O)N2CCc3ccccc32)c1. The van der Waals surface area contributed by atoms with Crippen LogP contribution in [0.4, 0.5) is 17.1 Å². The van der Waals surface area contributed by atoms with Crippen molar-refractivity contribution in [2.45, 2.75) is 31.2 Å². The lowest BCUT2D eigenvalue weighted by Crippen LogP contribution is -2.40. The molecule has 0 fully saturated rings. The molecule has 1 amide bonds. The molecule has 1 aliphatic heterocycles. The van der Waals surface area contributed by atoms with Gasteiger partial charge in [-0.2, -0.15) is 0 Å². The topological polar surface area (TPSA) is 79.0 Å². The van der Waals surface area contributed by atoms with Gasteiger partial charge in [-0.3, -0.25) is 9.10 Å². The number of amides is 1. The van der Waals surface area contributed by atoms with E-state index in [1.807, 2.05) is 30.3 Å². The highest BCUT2D eigenvalue weighted by Gasteiger charge is 2.29. The number of ether oxygens (including phenoxy) is 1. The number of nitrogens with one attached hydrogen (secondary N) is 1. The van der Waals surface area contributed by atoms with Crippen molar-refractivity contribution >= 4 is 33.0 Å². The molecule has 0 bridgehead atoms. The molecule has 34 heavy (non-hydrogen) atoms. The molecule has 1 heterocycles. The third-order valence-electron chi connectivity index (χ3n) is 5.99. The van der Waals surface area contributed by atoms with Crippen LogP contribution in [0.5, 0.6) is 5.75 Å². The maximum absolute atomic E-state index is 13.5. The lowest BCUT2D eigenvalue weighted by atomic mass is 10.2. The number of hydrogen-bond acceptors (Lipinski definition) is 5. The van der Waals surface area contributed by atoms with Gasteiger partial charge >= 0.3 is 0 Å². The molecule has 3 aromatic rings. The first-order valence-electron chi connectivity index (χ1n) is 11.3. The fourth-order valence-corrected chi connectivity index (χ4v) is 5.77. The van der Waals surface area contributed by atoms with E-state index >= 15 is 0 Å². The minimum absolute atomic E-state index is 0.0836. The molecule has 1 atom stereocenters. The van der Waals surface area contributed by atoms with Crippen LogP contribution in [0.15, 0.2) is 77.7 Å². The molecule has 3 aromatic carbocycles. The molecule has 8 heteroatoms. The van der Waals surface area contributed by atoms with Gasteiger partial charge in [0, 0.05) is 18.8 Å². The number of nitrogens with zero attached hydrogens (tertiary/aromatic N) is 2. The lowest BCUT2D eigenvalue weighted by Gasteiger charge is -2.25. The van der Waals surface area contributed by atoms with Gasteiger partial charge in [-0.05, 0) is 62.2 Å². The van der Waals surface area contributed by atoms with Crippen LogP contribution < -0.4 is 19.3 Å². The van der Waals surface area contributed by atoms with Gasteiger partial charge in [0.2, 0.25) is 5.91 Å². The summed E-state index contributed by atoms with van der Waals surface area (Å²) in [5, 5.41) is 3.18. The van der Waals surface area contributed by atoms with E-state index in [9.17, 15) is 13.2 Å². The molecule has 1 N–H and O–H groups in total. The molecule has 0 aliphatic carbocycles. The molecule has 0 radical (unpaired) electrons. The summed E-state index contributed by atoms with van der Waals surface area (Å²) < 4.78 is 33.7. The summed E-state index contributed by atoms with van der Waals surface area (Å²) in [4.78, 5) is 15.1. The predicted octanol–water partition coefficient (Wildman–Crippen LogP) is 4.30. The molecule has 0 aromatic heterocycles. The van der Waals surface area contributed by atoms with E-state index in [0.29, 0.717) is 23.7 Å². The number of carbonyl (C=O) groups excluding carboxylic acids is 1. The van der Waals surface area contributed by atoms with Crippen LogP contribution in [0.3, 0.4) is 0 Å². The predicted molar refractivity (Wildman–Crippen MR) is 135 cm³/mol. The van der Waals surface area contributed by atoms with E-state index in [4.69, 9.17) is 4.74 Å². The van der Waals surface area contributed by atoms with Gasteiger partial charge in [0.15, 0.2) is 0 Å². The van der Waals surface area contributed by atoms with E-state index in [2.05, 4.69) is 5.32 Å². The number of fused-ring (bicyclic) bond motifs is 1. The number of anilines is 3. The van der Waals surface area contributed by atoms with Crippen molar-refractivity contribution in [2.75, 3.05) is 34.7 Å². The second-order valence-corrected chi connectivity index (χ2v) is 9.96. The number of benzene rings is 3. The first-order chi connectivity index (χ1) is 16.4. The summed E-state index contributed by atoms with van der Waals surface area (Å²) in [5.74, 6) is 0.378. The Kier molecular flexibility index (Phi) is 6.79. The van der Waals surface area contributed by atoms with Gasteiger partial charge in [-0.1, -0.05) is 36.4 Å². The fraction of sp³-hybridized carbons (Fsp3) is 0.269. The zero-order chi connectivity index (χ0) is 24.3. The standard InChI is InChI=1S/C26H29N3O4S/c1-4-29(21-11-6-5-7-12-21)34(31,32)22-14-15-25(33-3)23(18-22)27-19(2)26(30)28-17-16-20-10-8-9-13-24(20)28/h5-15,18-19,27H,4,16-17H2,1-3H3/t19-/m0/s1. The Bertz CT molecular complexity index is 1280. The van der Waals surface area contributed by atoms with Crippen molar-refractivity contribution in [3.05, 3.63) is 78.4 Å². The summed E-state index contributed by atoms with van der Waals surface area (Å²) in [6, 6.07) is 20.9. The zero-order valence-electron chi connectivity index (χ0n) is 19.6. The van der Waals surface area contributed by atoms with Gasteiger partial charge in [0.1, 0.15) is 11.8 Å². The van der Waals surface area contributed by atoms with Crippen LogP contribution in [-0.2, 0) is 21.2 Å². The number of rotatable bonds is 8. The molecule has 7 nitrogen and oxygen atoms in total. The van der Waals surface area contributed by atoms with Crippen molar-refractivity contribution in [3.8, 4) is 5.75 Å². The van der Waals surface area contributed by atoms with Crippen molar-refractivity contribution in [1.29, 1.82) is 0 Å². The first kappa shape index (κ1) is 23.6. The van der Waals surface area contributed by atoms with Gasteiger partial charge in [-0.15, -0.1) is 0 Å². The van der Waals surface area contributed by atoms with E-state index in [1.54, 1.807) is 49.1 Å². The van der Waals surface area contributed by atoms with Gasteiger partial charge in [0.05, 0.1) is 23.4 Å². The molecule has 178 valence electrons. The van der Waals surface area contributed by atoms with Crippen molar-refractivity contribution in [1.82, 2.24) is 0 Å². The molecule has 0 spiro atoms. The number of carbonyl (C=O) groups is 1. The third-order valence-corrected chi connectivity index (χ3v) is 7.88. The highest BCUT2D eigenvalue weighted by atomic mass is 32.2. The van der Waals surface area contributed by atoms with E-state index in [1.165, 1.54) is 23.5 Å². The summed E-state index contributed by atoms with van der Waals surface area (Å²) in [7, 11) is -2.31. The lowest BCUT2D eigenvalue weighted by molar-refractivity contribution is -0.118. The minimum Gasteiger partial charge on any atom is -0.495 e. The van der Waals surface area contributed by atoms with Crippen molar-refractivity contribution in [3.63, 3.8) is 0 Å². The molecule has 0 saturated heterocycles. The van der Waals surface area contributed by atoms with Crippen LogP contribution in [0, 0.1) is 0 Å². The molecular formula is C26H29N3O4S. The second kappa shape index (κ2) is 9.77. The minimum atomic E-state index is -3.82. The number of methoxy groups -OCH3 is 1. The van der Waals surface area contributed by atoms with Crippen LogP contribution in [0.1, 0.15) is 19.4 Å². The van der Waals surface area contributed by atoms with Crippen LogP contribution >= 0.6 is 0 Å². The highest BCUT2D eigenvalue weighted by molar-refractivity contribution is 7.92. The molecule has 1 aliphatic rings. The van der Waals surface area contributed by atoms with Gasteiger partial charge in [0.25, 0.3) is 10.0 Å². The molecular weight excluding hydrogens is 450 g/mol. The van der Waals surface area contributed by atoms with E-state index in [-0.39, 0.29) is 17.3 Å². The van der Waals surface area contributed by atoms with Crippen molar-refractivity contribution in [2.24, 2.45) is 0 Å². The molecule has 0 unspecified atom stereocenters. The van der Waals surface area contributed by atoms with E-state index < -0.39 is 16.1 Å². The Morgan fingerprint density at radius 3 is 2.50 bits per heavy atom. The second-order valence-electron chi connectivity index (χ2n) is 8.10. The quantitative estimate of drug-likeness (QED) is 0.521. The average molecular weight is 480 g/mol. The number of sulfonamides is 1. The summed E-state index contributed by atoms with van der Waals surface area (Å²) in [6.07, 6.45) is 0.817. The van der Waals surface area contributed by atoms with E-state index in [0.717, 1.165) is 17.7 Å². The van der Waals surface area contributed by atoms with Gasteiger partial charge < -0.3 is 15.0 Å². The van der Waals surface area contributed by atoms with Crippen molar-refractivity contribution < 1.29 is 17.9 Å². The summed E-state index contributed by atoms with van der Waals surface area (Å²) in [5.41, 5.74) is 3.10. The zero-order valence-corrected chi connectivity index (χ0v) is 20.4. The summed E-state index contributed by atoms with van der Waals surface area (Å²) in [6.45, 7) is 4.47. The highest BCUT2D eigenvalue weighted by Crippen LogP contribution is 2.32. The average Bonchev–Trinajstić information content (AvgIpc) is 3.28. The van der Waals surface area contributed by atoms with Crippen LogP contribution in [0.25, 0.3) is 0 Å². The maximum atomic E-state index is 13.5. The Balaban J connectivity index is 1.61. The number of hydrogen-bond donors (Lipinski definition) is 1. The Morgan fingerprint density at radius 1 is 1.09 bits per heavy atom. The Labute approximate surface area is 201 Å². The van der Waals surface area contributed by atoms with Crippen LogP contribution in [0.2, 0.25) is 0 Å². The monoisotopic (exact) mass is 479 g/mol. The molecule has 4 rings (SSSR count). The molecule has 0 saturated carbocycles. The van der Waals surface area contributed by atoms with Gasteiger partial charge in [-0.25, -0.2) is 8.42 Å². The number of para-hydroxylation sites is 2. The Hall–Kier alpha value is -3.52. The fourth-order valence-electron chi connectivity index (χ4n) is 4.27. The maximum Gasteiger partial charge on any atom is 0.264 e. The smallest absolute Gasteiger partial charge is 0.264 e. The first-order valence-corrected chi connectivity index (χ1v) is 12.7. The van der Waals surface area contributed by atoms with Crippen LogP contribution in [-0.4, -0.2) is 40.6 Å². The summed E-state index contributed by atoms with van der Waals surface area (Å²) >= 11 is 0. The normalized spacial score (nSPS) is 13.8. The third kappa shape index (κ3) is 4.46. The largest absolute Gasteiger partial charge is 0.495 e.